The lowest BCUT2D eigenvalue weighted by Gasteiger charge is -2.18. The van der Waals surface area contributed by atoms with Crippen molar-refractivity contribution in [2.75, 3.05) is 13.2 Å². The van der Waals surface area contributed by atoms with Crippen molar-refractivity contribution >= 4 is 17.9 Å². The first-order valence-corrected chi connectivity index (χ1v) is 24.3. The van der Waals surface area contributed by atoms with Gasteiger partial charge in [0.05, 0.1) is 0 Å². The van der Waals surface area contributed by atoms with E-state index in [2.05, 4.69) is 45.1 Å². The number of unbranched alkanes of at least 4 members (excludes halogenated alkanes) is 29. The number of ether oxygens (including phenoxy) is 3. The molecule has 0 aromatic heterocycles. The van der Waals surface area contributed by atoms with E-state index in [1.54, 1.807) is 0 Å². The molecule has 0 aliphatic carbocycles. The molecule has 6 heteroatoms. The molecule has 0 heterocycles. The highest BCUT2D eigenvalue weighted by atomic mass is 16.6. The lowest BCUT2D eigenvalue weighted by atomic mass is 10.0. The van der Waals surface area contributed by atoms with Crippen molar-refractivity contribution in [3.8, 4) is 0 Å². The molecule has 0 aliphatic heterocycles. The van der Waals surface area contributed by atoms with E-state index in [9.17, 15) is 14.4 Å². The fourth-order valence-corrected chi connectivity index (χ4v) is 6.95. The van der Waals surface area contributed by atoms with Crippen LogP contribution in [0.5, 0.6) is 0 Å². The van der Waals surface area contributed by atoms with Crippen LogP contribution in [-0.4, -0.2) is 37.2 Å². The number of hydrogen-bond donors (Lipinski definition) is 0. The van der Waals surface area contributed by atoms with Crippen molar-refractivity contribution in [1.82, 2.24) is 0 Å². The minimum Gasteiger partial charge on any atom is -0.462 e. The Morgan fingerprint density at radius 2 is 0.607 bits per heavy atom. The van der Waals surface area contributed by atoms with E-state index in [1.807, 2.05) is 0 Å². The standard InChI is InChI=1S/C50H92O6/c1-4-7-10-13-16-19-22-24-25-26-29-31-34-37-40-43-49(52)55-46-47(45-54-48(51)42-39-36-33-30-27-21-18-15-12-9-6-3)56-50(53)44-41-38-35-32-28-23-20-17-14-11-8-5-2/h15,18,24-25,47H,4-14,16-17,19-23,26-46H2,1-3H3/b18-15-,25-24-/t47-/m1/s1. The molecule has 0 radical (unpaired) electrons. The average molecular weight is 789 g/mol. The summed E-state index contributed by atoms with van der Waals surface area (Å²) in [4.78, 5) is 37.8. The van der Waals surface area contributed by atoms with E-state index < -0.39 is 6.10 Å². The third-order valence-electron chi connectivity index (χ3n) is 10.7. The quantitative estimate of drug-likeness (QED) is 0.0265. The minimum absolute atomic E-state index is 0.0751. The topological polar surface area (TPSA) is 78.9 Å². The molecule has 0 saturated carbocycles. The van der Waals surface area contributed by atoms with Crippen LogP contribution in [-0.2, 0) is 28.6 Å². The summed E-state index contributed by atoms with van der Waals surface area (Å²) in [5.74, 6) is -0.885. The molecule has 0 amide bonds. The summed E-state index contributed by atoms with van der Waals surface area (Å²) in [6.45, 7) is 6.59. The molecule has 0 unspecified atom stereocenters. The molecule has 0 spiro atoms. The molecule has 0 aliphatic rings. The summed E-state index contributed by atoms with van der Waals surface area (Å²) in [7, 11) is 0. The highest BCUT2D eigenvalue weighted by Gasteiger charge is 2.19. The van der Waals surface area contributed by atoms with E-state index in [1.165, 1.54) is 148 Å². The molecule has 0 aromatic carbocycles. The Kier molecular flexibility index (Phi) is 43.9. The van der Waals surface area contributed by atoms with Crippen molar-refractivity contribution < 1.29 is 28.6 Å². The van der Waals surface area contributed by atoms with Gasteiger partial charge in [-0.15, -0.1) is 0 Å². The van der Waals surface area contributed by atoms with Gasteiger partial charge in [-0.1, -0.05) is 199 Å². The number of esters is 3. The number of hydrogen-bond acceptors (Lipinski definition) is 6. The zero-order chi connectivity index (χ0) is 40.8. The summed E-state index contributed by atoms with van der Waals surface area (Å²) in [6.07, 6.45) is 50.1. The van der Waals surface area contributed by atoms with Crippen molar-refractivity contribution in [3.63, 3.8) is 0 Å². The van der Waals surface area contributed by atoms with Crippen LogP contribution >= 0.6 is 0 Å². The SMILES string of the molecule is CCCC/C=C\CCCCCCCC(=O)OC[C@H](COC(=O)CCCCCCC/C=C\CCCCCCCC)OC(=O)CCCCCCCCCCCCCC. The highest BCUT2D eigenvalue weighted by Crippen LogP contribution is 2.15. The molecule has 0 saturated heterocycles. The first kappa shape index (κ1) is 53.9. The Hall–Kier alpha value is -2.11. The Bertz CT molecular complexity index is 911. The van der Waals surface area contributed by atoms with E-state index in [-0.39, 0.29) is 31.1 Å². The maximum absolute atomic E-state index is 12.7. The molecule has 6 nitrogen and oxygen atoms in total. The van der Waals surface area contributed by atoms with Gasteiger partial charge in [0.2, 0.25) is 0 Å². The first-order valence-electron chi connectivity index (χ1n) is 24.3. The lowest BCUT2D eigenvalue weighted by molar-refractivity contribution is -0.167. The van der Waals surface area contributed by atoms with Gasteiger partial charge in [-0.05, 0) is 64.2 Å². The molecule has 0 aromatic rings. The van der Waals surface area contributed by atoms with Gasteiger partial charge in [0.1, 0.15) is 13.2 Å². The summed E-state index contributed by atoms with van der Waals surface area (Å²) in [6, 6.07) is 0. The Morgan fingerprint density at radius 1 is 0.339 bits per heavy atom. The summed E-state index contributed by atoms with van der Waals surface area (Å²) >= 11 is 0. The van der Waals surface area contributed by atoms with E-state index in [0.717, 1.165) is 70.6 Å². The second-order valence-electron chi connectivity index (χ2n) is 16.4. The van der Waals surface area contributed by atoms with Crippen molar-refractivity contribution in [2.45, 2.75) is 264 Å². The number of allylic oxidation sites excluding steroid dienone is 4. The molecule has 328 valence electrons. The van der Waals surface area contributed by atoms with Crippen LogP contribution in [0.2, 0.25) is 0 Å². The Labute approximate surface area is 347 Å². The van der Waals surface area contributed by atoms with Crippen molar-refractivity contribution in [2.24, 2.45) is 0 Å². The summed E-state index contributed by atoms with van der Waals surface area (Å²) in [5, 5.41) is 0. The maximum atomic E-state index is 12.7. The number of carbonyl (C=O) groups excluding carboxylic acids is 3. The van der Waals surface area contributed by atoms with Gasteiger partial charge in [-0.25, -0.2) is 0 Å². The van der Waals surface area contributed by atoms with Gasteiger partial charge in [0.25, 0.3) is 0 Å². The predicted octanol–water partition coefficient (Wildman–Crippen LogP) is 15.6. The highest BCUT2D eigenvalue weighted by molar-refractivity contribution is 5.71. The molecular weight excluding hydrogens is 697 g/mol. The van der Waals surface area contributed by atoms with Crippen LogP contribution in [0.1, 0.15) is 258 Å². The van der Waals surface area contributed by atoms with Crippen molar-refractivity contribution in [1.29, 1.82) is 0 Å². The summed E-state index contributed by atoms with van der Waals surface area (Å²) in [5.41, 5.74) is 0. The van der Waals surface area contributed by atoms with Crippen LogP contribution < -0.4 is 0 Å². The molecule has 1 atom stereocenters. The Morgan fingerprint density at radius 3 is 0.946 bits per heavy atom. The second-order valence-corrected chi connectivity index (χ2v) is 16.4. The zero-order valence-corrected chi connectivity index (χ0v) is 37.4. The van der Waals surface area contributed by atoms with Crippen molar-refractivity contribution in [3.05, 3.63) is 24.3 Å². The summed E-state index contributed by atoms with van der Waals surface area (Å²) < 4.78 is 16.7. The average Bonchev–Trinajstić information content (AvgIpc) is 3.19. The van der Waals surface area contributed by atoms with Gasteiger partial charge < -0.3 is 14.2 Å². The van der Waals surface area contributed by atoms with Crippen LogP contribution in [0.4, 0.5) is 0 Å². The number of rotatable bonds is 44. The second kappa shape index (κ2) is 45.6. The molecule has 0 bridgehead atoms. The molecule has 56 heavy (non-hydrogen) atoms. The molecular formula is C50H92O6. The monoisotopic (exact) mass is 789 g/mol. The maximum Gasteiger partial charge on any atom is 0.306 e. The van der Waals surface area contributed by atoms with E-state index in [0.29, 0.717) is 19.3 Å². The van der Waals surface area contributed by atoms with Gasteiger partial charge in [0.15, 0.2) is 6.10 Å². The van der Waals surface area contributed by atoms with Crippen LogP contribution in [0.25, 0.3) is 0 Å². The molecule has 0 N–H and O–H groups in total. The number of carbonyl (C=O) groups is 3. The molecule has 0 fully saturated rings. The predicted molar refractivity (Wildman–Crippen MR) is 238 cm³/mol. The fourth-order valence-electron chi connectivity index (χ4n) is 6.95. The first-order chi connectivity index (χ1) is 27.5. The third kappa shape index (κ3) is 43.0. The fraction of sp³-hybridized carbons (Fsp3) is 0.860. The minimum atomic E-state index is -0.771. The van der Waals surface area contributed by atoms with Gasteiger partial charge >= 0.3 is 17.9 Å². The van der Waals surface area contributed by atoms with Crippen LogP contribution in [0.3, 0.4) is 0 Å². The van der Waals surface area contributed by atoms with Gasteiger partial charge in [0, 0.05) is 19.3 Å². The molecule has 0 rings (SSSR count). The normalized spacial score (nSPS) is 12.1. The van der Waals surface area contributed by atoms with Crippen LogP contribution in [0, 0.1) is 0 Å². The van der Waals surface area contributed by atoms with E-state index >= 15 is 0 Å². The van der Waals surface area contributed by atoms with Gasteiger partial charge in [-0.2, -0.15) is 0 Å². The van der Waals surface area contributed by atoms with Gasteiger partial charge in [-0.3, -0.25) is 14.4 Å². The van der Waals surface area contributed by atoms with Crippen LogP contribution in [0.15, 0.2) is 24.3 Å². The largest absolute Gasteiger partial charge is 0.462 e. The smallest absolute Gasteiger partial charge is 0.306 e. The Balaban J connectivity index is 4.35. The zero-order valence-electron chi connectivity index (χ0n) is 37.4. The third-order valence-corrected chi connectivity index (χ3v) is 10.7. The lowest BCUT2D eigenvalue weighted by Crippen LogP contribution is -2.30. The van der Waals surface area contributed by atoms with E-state index in [4.69, 9.17) is 14.2 Å².